The Labute approximate surface area is 124 Å². The number of hydrogen-bond donors (Lipinski definition) is 2. The molecular formula is C17H18N4. The van der Waals surface area contributed by atoms with Gasteiger partial charge >= 0.3 is 0 Å². The normalized spacial score (nSPS) is 12.5. The molecule has 21 heavy (non-hydrogen) atoms. The topological polar surface area (TPSA) is 63.8 Å². The third kappa shape index (κ3) is 2.91. The zero-order valence-corrected chi connectivity index (χ0v) is 12.0. The highest BCUT2D eigenvalue weighted by molar-refractivity contribution is 5.82. The van der Waals surface area contributed by atoms with Crippen molar-refractivity contribution in [1.82, 2.24) is 15.4 Å². The first-order valence-electron chi connectivity index (χ1n) is 6.99. The summed E-state index contributed by atoms with van der Waals surface area (Å²) in [4.78, 5) is 8.88. The highest BCUT2D eigenvalue weighted by atomic mass is 15.2. The second-order valence-corrected chi connectivity index (χ2v) is 5.17. The number of aromatic nitrogens is 2. The first-order valence-corrected chi connectivity index (χ1v) is 6.99. The molecular weight excluding hydrogens is 260 g/mol. The monoisotopic (exact) mass is 278 g/mol. The zero-order chi connectivity index (χ0) is 14.7. The van der Waals surface area contributed by atoms with Crippen LogP contribution in [-0.4, -0.2) is 9.97 Å². The summed E-state index contributed by atoms with van der Waals surface area (Å²) >= 11 is 0. The minimum Gasteiger partial charge on any atom is -0.271 e. The van der Waals surface area contributed by atoms with E-state index < -0.39 is 0 Å². The lowest BCUT2D eigenvalue weighted by Gasteiger charge is -2.17. The Hall–Kier alpha value is -2.30. The van der Waals surface area contributed by atoms with E-state index in [0.717, 1.165) is 23.2 Å². The van der Waals surface area contributed by atoms with Gasteiger partial charge in [-0.1, -0.05) is 24.3 Å². The fourth-order valence-corrected chi connectivity index (χ4v) is 2.56. The predicted octanol–water partition coefficient (Wildman–Crippen LogP) is 2.69. The van der Waals surface area contributed by atoms with Crippen molar-refractivity contribution in [3.05, 3.63) is 71.7 Å². The van der Waals surface area contributed by atoms with Crippen LogP contribution < -0.4 is 11.3 Å². The summed E-state index contributed by atoms with van der Waals surface area (Å²) in [6.07, 6.45) is 4.39. The van der Waals surface area contributed by atoms with E-state index >= 15 is 0 Å². The van der Waals surface area contributed by atoms with Crippen LogP contribution >= 0.6 is 0 Å². The van der Waals surface area contributed by atoms with Gasteiger partial charge in [0.2, 0.25) is 0 Å². The minimum atomic E-state index is -0.0301. The first kappa shape index (κ1) is 13.7. The Morgan fingerprint density at radius 3 is 2.81 bits per heavy atom. The van der Waals surface area contributed by atoms with Gasteiger partial charge in [0, 0.05) is 17.8 Å². The van der Waals surface area contributed by atoms with E-state index in [4.69, 9.17) is 10.8 Å². The van der Waals surface area contributed by atoms with Gasteiger partial charge in [-0.3, -0.25) is 21.2 Å². The molecule has 1 unspecified atom stereocenters. The molecule has 0 saturated carbocycles. The maximum Gasteiger partial charge on any atom is 0.0708 e. The molecule has 0 fully saturated rings. The van der Waals surface area contributed by atoms with Crippen LogP contribution in [0.25, 0.3) is 10.9 Å². The first-order chi connectivity index (χ1) is 10.3. The number of pyridine rings is 2. The average molecular weight is 278 g/mol. The Balaban J connectivity index is 1.97. The molecule has 0 aliphatic carbocycles. The summed E-state index contributed by atoms with van der Waals surface area (Å²) in [5, 5.41) is 1.18. The SMILES string of the molecule is Cc1cc(C(Cc2cccnc2)NN)nc2ccccc12. The molecule has 3 aromatic rings. The summed E-state index contributed by atoms with van der Waals surface area (Å²) in [7, 11) is 0. The third-order valence-electron chi connectivity index (χ3n) is 3.66. The van der Waals surface area contributed by atoms with Gasteiger partial charge in [-0.2, -0.15) is 0 Å². The van der Waals surface area contributed by atoms with E-state index in [-0.39, 0.29) is 6.04 Å². The highest BCUT2D eigenvalue weighted by Crippen LogP contribution is 2.22. The number of hydrogen-bond acceptors (Lipinski definition) is 4. The van der Waals surface area contributed by atoms with E-state index in [1.807, 2.05) is 36.5 Å². The fraction of sp³-hybridized carbons (Fsp3) is 0.176. The molecule has 1 aromatic carbocycles. The van der Waals surface area contributed by atoms with Gasteiger partial charge in [0.1, 0.15) is 0 Å². The third-order valence-corrected chi connectivity index (χ3v) is 3.66. The molecule has 0 aliphatic rings. The van der Waals surface area contributed by atoms with E-state index in [2.05, 4.69) is 29.5 Å². The number of nitrogens with two attached hydrogens (primary N) is 1. The van der Waals surface area contributed by atoms with Gasteiger partial charge in [-0.05, 0) is 42.7 Å². The van der Waals surface area contributed by atoms with Crippen molar-refractivity contribution < 1.29 is 0 Å². The average Bonchev–Trinajstić information content (AvgIpc) is 2.53. The number of nitrogens with one attached hydrogen (secondary N) is 1. The Morgan fingerprint density at radius 2 is 2.05 bits per heavy atom. The largest absolute Gasteiger partial charge is 0.271 e. The Bertz CT molecular complexity index is 740. The Kier molecular flexibility index (Phi) is 3.90. The second-order valence-electron chi connectivity index (χ2n) is 5.17. The molecule has 2 heterocycles. The van der Waals surface area contributed by atoms with Crippen molar-refractivity contribution in [2.24, 2.45) is 5.84 Å². The van der Waals surface area contributed by atoms with Crippen molar-refractivity contribution in [1.29, 1.82) is 0 Å². The van der Waals surface area contributed by atoms with Gasteiger partial charge in [-0.15, -0.1) is 0 Å². The number of aryl methyl sites for hydroxylation is 1. The van der Waals surface area contributed by atoms with Crippen LogP contribution in [0.2, 0.25) is 0 Å². The van der Waals surface area contributed by atoms with Crippen molar-refractivity contribution in [3.63, 3.8) is 0 Å². The van der Waals surface area contributed by atoms with Crippen LogP contribution in [-0.2, 0) is 6.42 Å². The lowest BCUT2D eigenvalue weighted by atomic mass is 10.0. The lowest BCUT2D eigenvalue weighted by Crippen LogP contribution is -2.30. The van der Waals surface area contributed by atoms with Crippen LogP contribution in [0.3, 0.4) is 0 Å². The van der Waals surface area contributed by atoms with Crippen LogP contribution in [0.1, 0.15) is 22.9 Å². The van der Waals surface area contributed by atoms with E-state index in [1.165, 1.54) is 10.9 Å². The molecule has 3 rings (SSSR count). The van der Waals surface area contributed by atoms with Gasteiger partial charge in [0.25, 0.3) is 0 Å². The molecule has 0 radical (unpaired) electrons. The van der Waals surface area contributed by atoms with Crippen molar-refractivity contribution in [3.8, 4) is 0 Å². The molecule has 4 heteroatoms. The molecule has 1 atom stereocenters. The highest BCUT2D eigenvalue weighted by Gasteiger charge is 2.14. The molecule has 2 aromatic heterocycles. The summed E-state index contributed by atoms with van der Waals surface area (Å²) in [5.74, 6) is 5.74. The van der Waals surface area contributed by atoms with E-state index in [1.54, 1.807) is 6.20 Å². The standard InChI is InChI=1S/C17H18N4/c1-12-9-16(20-15-7-3-2-6-14(12)15)17(21-18)10-13-5-4-8-19-11-13/h2-9,11,17,21H,10,18H2,1H3. The van der Waals surface area contributed by atoms with Gasteiger partial charge in [0.15, 0.2) is 0 Å². The Morgan fingerprint density at radius 1 is 1.19 bits per heavy atom. The van der Waals surface area contributed by atoms with Crippen molar-refractivity contribution in [2.75, 3.05) is 0 Å². The zero-order valence-electron chi connectivity index (χ0n) is 12.0. The lowest BCUT2D eigenvalue weighted by molar-refractivity contribution is 0.539. The van der Waals surface area contributed by atoms with Crippen LogP contribution in [0, 0.1) is 6.92 Å². The molecule has 3 N–H and O–H groups in total. The van der Waals surface area contributed by atoms with Gasteiger partial charge in [0.05, 0.1) is 17.3 Å². The predicted molar refractivity (Wildman–Crippen MR) is 84.5 cm³/mol. The molecule has 106 valence electrons. The van der Waals surface area contributed by atoms with Crippen LogP contribution in [0.15, 0.2) is 54.9 Å². The number of benzene rings is 1. The number of para-hydroxylation sites is 1. The second kappa shape index (κ2) is 5.99. The number of fused-ring (bicyclic) bond motifs is 1. The molecule has 4 nitrogen and oxygen atoms in total. The van der Waals surface area contributed by atoms with Crippen molar-refractivity contribution >= 4 is 10.9 Å². The minimum absolute atomic E-state index is 0.0301. The molecule has 0 amide bonds. The number of hydrazine groups is 1. The molecule has 0 bridgehead atoms. The summed E-state index contributed by atoms with van der Waals surface area (Å²) < 4.78 is 0. The van der Waals surface area contributed by atoms with Crippen LogP contribution in [0.4, 0.5) is 0 Å². The summed E-state index contributed by atoms with van der Waals surface area (Å²) in [5.41, 5.74) is 7.17. The van der Waals surface area contributed by atoms with Gasteiger partial charge in [-0.25, -0.2) is 0 Å². The smallest absolute Gasteiger partial charge is 0.0708 e. The molecule has 0 saturated heterocycles. The summed E-state index contributed by atoms with van der Waals surface area (Å²) in [6, 6.07) is 14.2. The maximum absolute atomic E-state index is 5.74. The fourth-order valence-electron chi connectivity index (χ4n) is 2.56. The quantitative estimate of drug-likeness (QED) is 0.569. The van der Waals surface area contributed by atoms with E-state index in [0.29, 0.717) is 0 Å². The number of rotatable bonds is 4. The van der Waals surface area contributed by atoms with E-state index in [9.17, 15) is 0 Å². The summed E-state index contributed by atoms with van der Waals surface area (Å²) in [6.45, 7) is 2.10. The van der Waals surface area contributed by atoms with Crippen molar-refractivity contribution in [2.45, 2.75) is 19.4 Å². The maximum atomic E-state index is 5.74. The molecule has 0 spiro atoms. The molecule has 0 aliphatic heterocycles. The number of nitrogens with zero attached hydrogens (tertiary/aromatic N) is 2. The van der Waals surface area contributed by atoms with Gasteiger partial charge < -0.3 is 0 Å². The van der Waals surface area contributed by atoms with Crippen LogP contribution in [0.5, 0.6) is 0 Å².